The highest BCUT2D eigenvalue weighted by Gasteiger charge is 2.26. The lowest BCUT2D eigenvalue weighted by atomic mass is 10.3. The van der Waals surface area contributed by atoms with Crippen LogP contribution in [0.4, 0.5) is 0 Å². The lowest BCUT2D eigenvalue weighted by molar-refractivity contribution is -0.741. The molecule has 1 N–H and O–H groups in total. The summed E-state index contributed by atoms with van der Waals surface area (Å²) in [4.78, 5) is 27.5. The fourth-order valence-electron chi connectivity index (χ4n) is 1.75. The van der Waals surface area contributed by atoms with Crippen molar-refractivity contribution in [1.82, 2.24) is 10.3 Å². The second kappa shape index (κ2) is 4.97. The number of aromatic nitrogens is 3. The minimum atomic E-state index is -0.685. The molecular weight excluding hydrogens is 282 g/mol. The Bertz CT molecular complexity index is 799. The van der Waals surface area contributed by atoms with Gasteiger partial charge in [-0.05, 0) is 17.4 Å². The van der Waals surface area contributed by atoms with Crippen molar-refractivity contribution in [2.75, 3.05) is 5.75 Å². The number of benzene rings is 1. The van der Waals surface area contributed by atoms with Gasteiger partial charge in [0.15, 0.2) is 12.6 Å². The lowest BCUT2D eigenvalue weighted by Gasteiger charge is -1.90. The van der Waals surface area contributed by atoms with Crippen LogP contribution in [0.3, 0.4) is 0 Å². The van der Waals surface area contributed by atoms with Crippen LogP contribution in [0.25, 0.3) is 11.1 Å². The number of Topliss-reactive ketones (excluding diaryl/α,β-unsaturated/α-hetero) is 1. The average molecular weight is 292 g/mol. The van der Waals surface area contributed by atoms with Crippen LogP contribution >= 0.6 is 11.8 Å². The molecule has 0 fully saturated rings. The fourth-order valence-corrected chi connectivity index (χ4v) is 2.45. The third kappa shape index (κ3) is 2.25. The second-order valence-electron chi connectivity index (χ2n) is 4.05. The van der Waals surface area contributed by atoms with Gasteiger partial charge < -0.3 is 4.42 Å². The van der Waals surface area contributed by atoms with Crippen molar-refractivity contribution in [1.29, 1.82) is 0 Å². The van der Waals surface area contributed by atoms with Crippen LogP contribution in [0.5, 0.6) is 0 Å². The van der Waals surface area contributed by atoms with Gasteiger partial charge in [-0.25, -0.2) is 9.78 Å². The summed E-state index contributed by atoms with van der Waals surface area (Å²) in [6.45, 7) is 0. The topological polar surface area (TPSA) is 93.0 Å². The minimum absolute atomic E-state index is 0.0337. The monoisotopic (exact) mass is 292 g/mol. The molecule has 102 valence electrons. The molecule has 2 aromatic heterocycles. The van der Waals surface area contributed by atoms with Gasteiger partial charge in [0, 0.05) is 0 Å². The van der Waals surface area contributed by atoms with Gasteiger partial charge in [-0.15, -0.1) is 0 Å². The summed E-state index contributed by atoms with van der Waals surface area (Å²) in [5, 5.41) is 2.69. The summed E-state index contributed by atoms with van der Waals surface area (Å²) in [6, 6.07) is 7.33. The zero-order chi connectivity index (χ0) is 14.1. The number of nitrogens with one attached hydrogen (secondary N) is 1. The van der Waals surface area contributed by atoms with Crippen molar-refractivity contribution in [2.24, 2.45) is 7.05 Å². The van der Waals surface area contributed by atoms with E-state index in [9.17, 15) is 9.59 Å². The van der Waals surface area contributed by atoms with Crippen LogP contribution in [0.2, 0.25) is 0 Å². The van der Waals surface area contributed by atoms with Gasteiger partial charge in [0.05, 0.1) is 5.75 Å². The average Bonchev–Trinajstić information content (AvgIpc) is 2.99. The van der Waals surface area contributed by atoms with E-state index in [0.29, 0.717) is 10.8 Å². The molecule has 0 saturated heterocycles. The van der Waals surface area contributed by atoms with Crippen LogP contribution in [-0.2, 0) is 7.05 Å². The zero-order valence-corrected chi connectivity index (χ0v) is 11.3. The number of hydrogen-bond acceptors (Lipinski definition) is 6. The highest BCUT2D eigenvalue weighted by molar-refractivity contribution is 7.99. The maximum absolute atomic E-state index is 11.9. The van der Waals surface area contributed by atoms with Crippen molar-refractivity contribution in [2.45, 2.75) is 5.22 Å². The first-order valence-corrected chi connectivity index (χ1v) is 6.73. The predicted octanol–water partition coefficient (Wildman–Crippen LogP) is 0.909. The quantitative estimate of drug-likeness (QED) is 0.436. The summed E-state index contributed by atoms with van der Waals surface area (Å²) in [7, 11) is 1.53. The summed E-state index contributed by atoms with van der Waals surface area (Å²) in [6.07, 6.45) is 0. The summed E-state index contributed by atoms with van der Waals surface area (Å²) < 4.78 is 11.3. The third-order valence-corrected chi connectivity index (χ3v) is 3.50. The Balaban J connectivity index is 1.76. The lowest BCUT2D eigenvalue weighted by Crippen LogP contribution is -2.39. The molecule has 0 radical (unpaired) electrons. The molecule has 0 spiro atoms. The number of rotatable bonds is 4. The Labute approximate surface area is 116 Å². The van der Waals surface area contributed by atoms with E-state index in [1.54, 1.807) is 6.07 Å². The first-order valence-electron chi connectivity index (χ1n) is 5.74. The number of carbonyl (C=O) groups is 1. The predicted molar refractivity (Wildman–Crippen MR) is 69.6 cm³/mol. The van der Waals surface area contributed by atoms with Crippen molar-refractivity contribution in [3.05, 3.63) is 40.4 Å². The number of aryl methyl sites for hydroxylation is 1. The molecule has 3 aromatic rings. The number of para-hydroxylation sites is 2. The third-order valence-electron chi connectivity index (χ3n) is 2.67. The number of H-pyrrole nitrogens is 1. The van der Waals surface area contributed by atoms with Crippen molar-refractivity contribution < 1.29 is 18.4 Å². The SMILES string of the molecule is C[n+]1[nH]oc(=O)c1C(=O)CSc1nc2ccccc2o1. The molecule has 2 heterocycles. The van der Waals surface area contributed by atoms with Crippen LogP contribution in [0.1, 0.15) is 10.5 Å². The first kappa shape index (κ1) is 12.7. The zero-order valence-electron chi connectivity index (χ0n) is 10.5. The highest BCUT2D eigenvalue weighted by atomic mass is 32.2. The van der Waals surface area contributed by atoms with E-state index < -0.39 is 5.63 Å². The van der Waals surface area contributed by atoms with Crippen molar-refractivity contribution >= 4 is 28.6 Å². The Morgan fingerprint density at radius 2 is 2.25 bits per heavy atom. The normalized spacial score (nSPS) is 11.1. The van der Waals surface area contributed by atoms with Crippen LogP contribution < -0.4 is 10.3 Å². The van der Waals surface area contributed by atoms with Gasteiger partial charge in [0.25, 0.3) is 5.22 Å². The second-order valence-corrected chi connectivity index (χ2v) is 4.97. The molecular formula is C12H10N3O4S+. The number of hydrogen-bond donors (Lipinski definition) is 1. The Morgan fingerprint density at radius 1 is 1.45 bits per heavy atom. The van der Waals surface area contributed by atoms with E-state index in [1.165, 1.54) is 11.7 Å². The molecule has 0 unspecified atom stereocenters. The van der Waals surface area contributed by atoms with Crippen LogP contribution in [0, 0.1) is 0 Å². The molecule has 0 aliphatic heterocycles. The largest absolute Gasteiger partial charge is 0.438 e. The Hall–Kier alpha value is -2.35. The van der Waals surface area contributed by atoms with Crippen LogP contribution in [-0.4, -0.2) is 21.8 Å². The molecule has 8 heteroatoms. The van der Waals surface area contributed by atoms with Crippen LogP contribution in [0.15, 0.2) is 43.2 Å². The van der Waals surface area contributed by atoms with E-state index in [2.05, 4.69) is 14.8 Å². The molecule has 20 heavy (non-hydrogen) atoms. The van der Waals surface area contributed by atoms with E-state index in [4.69, 9.17) is 4.42 Å². The van der Waals surface area contributed by atoms with Gasteiger partial charge in [-0.1, -0.05) is 28.6 Å². The van der Waals surface area contributed by atoms with Gasteiger partial charge in [-0.2, -0.15) is 0 Å². The summed E-state index contributed by atoms with van der Waals surface area (Å²) in [5.74, 6) is -0.307. The van der Waals surface area contributed by atoms with Gasteiger partial charge in [0.1, 0.15) is 5.52 Å². The molecule has 7 nitrogen and oxygen atoms in total. The smallest absolute Gasteiger partial charge is 0.431 e. The number of fused-ring (bicyclic) bond motifs is 1. The number of thioether (sulfide) groups is 1. The minimum Gasteiger partial charge on any atom is -0.431 e. The maximum Gasteiger partial charge on any atom is 0.438 e. The van der Waals surface area contributed by atoms with E-state index >= 15 is 0 Å². The summed E-state index contributed by atoms with van der Waals surface area (Å²) >= 11 is 1.13. The molecule has 0 bridgehead atoms. The fraction of sp³-hybridized carbons (Fsp3) is 0.167. The maximum atomic E-state index is 11.9. The Morgan fingerprint density at radius 3 is 2.95 bits per heavy atom. The summed E-state index contributed by atoms with van der Waals surface area (Å²) in [5.41, 5.74) is 0.674. The molecule has 0 saturated carbocycles. The molecule has 0 aliphatic rings. The molecule has 0 atom stereocenters. The highest BCUT2D eigenvalue weighted by Crippen LogP contribution is 2.23. The standard InChI is InChI=1S/C12H9N3O4S/c1-15-10(11(17)19-14-15)8(16)6-20-12-13-7-4-2-3-5-9(7)18-12/h2-5H,6H2,1H3/p+1. The van der Waals surface area contributed by atoms with E-state index in [-0.39, 0.29) is 17.2 Å². The van der Waals surface area contributed by atoms with E-state index in [1.807, 2.05) is 18.2 Å². The first-order chi connectivity index (χ1) is 9.65. The van der Waals surface area contributed by atoms with Gasteiger partial charge >= 0.3 is 11.3 Å². The van der Waals surface area contributed by atoms with E-state index in [0.717, 1.165) is 17.3 Å². The van der Waals surface area contributed by atoms with Crippen molar-refractivity contribution in [3.63, 3.8) is 0 Å². The molecule has 3 rings (SSSR count). The van der Waals surface area contributed by atoms with Gasteiger partial charge in [0.2, 0.25) is 5.78 Å². The number of oxazole rings is 1. The molecule has 0 aliphatic carbocycles. The number of ketones is 1. The molecule has 1 aromatic carbocycles. The van der Waals surface area contributed by atoms with Gasteiger partial charge in [-0.3, -0.25) is 9.32 Å². The number of aromatic amines is 1. The molecule has 0 amide bonds. The van der Waals surface area contributed by atoms with Crippen molar-refractivity contribution in [3.8, 4) is 0 Å². The number of carbonyl (C=O) groups excluding carboxylic acids is 1. The number of nitrogens with zero attached hydrogens (tertiary/aromatic N) is 2. The Kier molecular flexibility index (Phi) is 3.15.